The second kappa shape index (κ2) is 5.87. The fourth-order valence-corrected chi connectivity index (χ4v) is 3.44. The highest BCUT2D eigenvalue weighted by atomic mass is 79.9. The highest BCUT2D eigenvalue weighted by Gasteiger charge is 2.16. The summed E-state index contributed by atoms with van der Waals surface area (Å²) in [6, 6.07) is 11.8. The van der Waals surface area contributed by atoms with Crippen LogP contribution >= 0.6 is 15.9 Å². The van der Waals surface area contributed by atoms with E-state index in [2.05, 4.69) is 47.1 Å². The molecule has 0 saturated heterocycles. The molecule has 0 aromatic heterocycles. The molecule has 100 valence electrons. The molecule has 2 aromatic rings. The summed E-state index contributed by atoms with van der Waals surface area (Å²) >= 11 is 3.74. The Labute approximate surface area is 122 Å². The molecule has 0 aliphatic carbocycles. The molecule has 0 heterocycles. The van der Waals surface area contributed by atoms with Gasteiger partial charge in [-0.3, -0.25) is 0 Å². The predicted molar refractivity (Wildman–Crippen MR) is 82.5 cm³/mol. The zero-order valence-electron chi connectivity index (χ0n) is 11.5. The summed E-state index contributed by atoms with van der Waals surface area (Å²) in [6.45, 7) is 6.06. The minimum atomic E-state index is -0.167. The molecule has 0 spiro atoms. The number of benzene rings is 2. The first-order valence-electron chi connectivity index (χ1n) is 6.52. The van der Waals surface area contributed by atoms with Crippen LogP contribution in [0.25, 0.3) is 0 Å². The minimum absolute atomic E-state index is 0.110. The Balaban J connectivity index is 2.40. The molecule has 0 aliphatic rings. The van der Waals surface area contributed by atoms with Gasteiger partial charge in [0.15, 0.2) is 0 Å². The standard InChI is InChI=1S/C17H18BrF/c1-4-13-5-7-14(8-6-13)17(18)16-11(2)9-15(19)10-12(16)3/h5-10,17H,4H2,1-3H3. The molecule has 1 unspecified atom stereocenters. The maximum absolute atomic E-state index is 13.4. The van der Waals surface area contributed by atoms with Crippen LogP contribution in [0, 0.1) is 19.7 Å². The predicted octanol–water partition coefficient (Wildman–Crippen LogP) is 5.49. The number of hydrogen-bond acceptors (Lipinski definition) is 0. The first-order valence-corrected chi connectivity index (χ1v) is 7.44. The van der Waals surface area contributed by atoms with Crippen molar-refractivity contribution in [2.45, 2.75) is 32.0 Å². The molecule has 1 atom stereocenters. The highest BCUT2D eigenvalue weighted by Crippen LogP contribution is 2.35. The lowest BCUT2D eigenvalue weighted by atomic mass is 9.95. The van der Waals surface area contributed by atoms with Crippen LogP contribution < -0.4 is 0 Å². The molecule has 0 nitrogen and oxygen atoms in total. The Hall–Kier alpha value is -1.15. The Kier molecular flexibility index (Phi) is 4.41. The van der Waals surface area contributed by atoms with Gasteiger partial charge in [-0.1, -0.05) is 47.1 Å². The van der Waals surface area contributed by atoms with Gasteiger partial charge in [0.2, 0.25) is 0 Å². The Bertz CT molecular complexity index is 549. The molecule has 0 saturated carbocycles. The lowest BCUT2D eigenvalue weighted by molar-refractivity contribution is 0.624. The quantitative estimate of drug-likeness (QED) is 0.656. The lowest BCUT2D eigenvalue weighted by Gasteiger charge is -2.17. The number of alkyl halides is 1. The SMILES string of the molecule is CCc1ccc(C(Br)c2c(C)cc(F)cc2C)cc1. The molecule has 0 fully saturated rings. The van der Waals surface area contributed by atoms with Crippen molar-refractivity contribution >= 4 is 15.9 Å². The average Bonchev–Trinajstić information content (AvgIpc) is 2.37. The Morgan fingerprint density at radius 3 is 2.05 bits per heavy atom. The van der Waals surface area contributed by atoms with Crippen molar-refractivity contribution in [2.75, 3.05) is 0 Å². The first kappa shape index (κ1) is 14.3. The van der Waals surface area contributed by atoms with E-state index in [0.29, 0.717) is 0 Å². The van der Waals surface area contributed by atoms with E-state index in [-0.39, 0.29) is 10.6 Å². The Morgan fingerprint density at radius 2 is 1.58 bits per heavy atom. The van der Waals surface area contributed by atoms with Crippen LogP contribution in [0.5, 0.6) is 0 Å². The van der Waals surface area contributed by atoms with E-state index in [4.69, 9.17) is 0 Å². The van der Waals surface area contributed by atoms with Gasteiger partial charge < -0.3 is 0 Å². The summed E-state index contributed by atoms with van der Waals surface area (Å²) < 4.78 is 13.4. The average molecular weight is 321 g/mol. The van der Waals surface area contributed by atoms with Crippen LogP contribution in [-0.4, -0.2) is 0 Å². The zero-order valence-corrected chi connectivity index (χ0v) is 13.1. The van der Waals surface area contributed by atoms with Gasteiger partial charge in [0.1, 0.15) is 5.82 Å². The third-order valence-corrected chi connectivity index (χ3v) is 4.48. The van der Waals surface area contributed by atoms with Crippen molar-refractivity contribution in [3.8, 4) is 0 Å². The van der Waals surface area contributed by atoms with Gasteiger partial charge in [-0.05, 0) is 60.2 Å². The van der Waals surface area contributed by atoms with Crippen molar-refractivity contribution in [3.05, 3.63) is 70.0 Å². The van der Waals surface area contributed by atoms with Crippen LogP contribution in [0.1, 0.15) is 39.6 Å². The summed E-state index contributed by atoms with van der Waals surface area (Å²) in [4.78, 5) is 0.110. The zero-order chi connectivity index (χ0) is 14.0. The molecule has 2 aromatic carbocycles. The summed E-state index contributed by atoms with van der Waals surface area (Å²) in [5, 5.41) is 0. The molecular weight excluding hydrogens is 303 g/mol. The third kappa shape index (κ3) is 3.06. The maximum Gasteiger partial charge on any atom is 0.123 e. The fourth-order valence-electron chi connectivity index (χ4n) is 2.41. The second-order valence-electron chi connectivity index (χ2n) is 4.91. The molecule has 0 radical (unpaired) electrons. The lowest BCUT2D eigenvalue weighted by Crippen LogP contribution is -2.00. The van der Waals surface area contributed by atoms with Gasteiger partial charge >= 0.3 is 0 Å². The minimum Gasteiger partial charge on any atom is -0.207 e. The van der Waals surface area contributed by atoms with Gasteiger partial charge in [0, 0.05) is 0 Å². The van der Waals surface area contributed by atoms with Crippen molar-refractivity contribution in [1.82, 2.24) is 0 Å². The van der Waals surface area contributed by atoms with Crippen LogP contribution in [0.3, 0.4) is 0 Å². The van der Waals surface area contributed by atoms with Crippen LogP contribution in [0.4, 0.5) is 4.39 Å². The monoisotopic (exact) mass is 320 g/mol. The van der Waals surface area contributed by atoms with Crippen LogP contribution in [-0.2, 0) is 6.42 Å². The van der Waals surface area contributed by atoms with Crippen molar-refractivity contribution in [1.29, 1.82) is 0 Å². The summed E-state index contributed by atoms with van der Waals surface area (Å²) in [5.41, 5.74) is 5.66. The molecular formula is C17H18BrF. The molecule has 0 aliphatic heterocycles. The van der Waals surface area contributed by atoms with Crippen LogP contribution in [0.2, 0.25) is 0 Å². The van der Waals surface area contributed by atoms with Crippen LogP contribution in [0.15, 0.2) is 36.4 Å². The molecule has 0 N–H and O–H groups in total. The topological polar surface area (TPSA) is 0 Å². The van der Waals surface area contributed by atoms with E-state index in [9.17, 15) is 4.39 Å². The van der Waals surface area contributed by atoms with E-state index in [1.807, 2.05) is 13.8 Å². The van der Waals surface area contributed by atoms with Crippen molar-refractivity contribution in [3.63, 3.8) is 0 Å². The molecule has 0 amide bonds. The van der Waals surface area contributed by atoms with E-state index >= 15 is 0 Å². The molecule has 2 rings (SSSR count). The van der Waals surface area contributed by atoms with Gasteiger partial charge in [-0.15, -0.1) is 0 Å². The number of rotatable bonds is 3. The van der Waals surface area contributed by atoms with E-state index in [1.165, 1.54) is 11.1 Å². The molecule has 2 heteroatoms. The maximum atomic E-state index is 13.4. The van der Waals surface area contributed by atoms with Gasteiger partial charge in [-0.25, -0.2) is 4.39 Å². The van der Waals surface area contributed by atoms with Gasteiger partial charge in [-0.2, -0.15) is 0 Å². The largest absolute Gasteiger partial charge is 0.207 e. The number of hydrogen-bond donors (Lipinski definition) is 0. The van der Waals surface area contributed by atoms with E-state index < -0.39 is 0 Å². The highest BCUT2D eigenvalue weighted by molar-refractivity contribution is 9.09. The third-order valence-electron chi connectivity index (χ3n) is 3.49. The van der Waals surface area contributed by atoms with Crippen molar-refractivity contribution < 1.29 is 4.39 Å². The summed E-state index contributed by atoms with van der Waals surface area (Å²) in [5.74, 6) is -0.167. The molecule has 19 heavy (non-hydrogen) atoms. The number of halogens is 2. The smallest absolute Gasteiger partial charge is 0.123 e. The normalized spacial score (nSPS) is 12.5. The van der Waals surface area contributed by atoms with E-state index in [1.54, 1.807) is 12.1 Å². The summed E-state index contributed by atoms with van der Waals surface area (Å²) in [7, 11) is 0. The van der Waals surface area contributed by atoms with E-state index in [0.717, 1.165) is 23.1 Å². The van der Waals surface area contributed by atoms with Gasteiger partial charge in [0.05, 0.1) is 4.83 Å². The number of aryl methyl sites for hydroxylation is 3. The Morgan fingerprint density at radius 1 is 1.05 bits per heavy atom. The summed E-state index contributed by atoms with van der Waals surface area (Å²) in [6.07, 6.45) is 1.04. The van der Waals surface area contributed by atoms with Gasteiger partial charge in [0.25, 0.3) is 0 Å². The fraction of sp³-hybridized carbons (Fsp3) is 0.294. The first-order chi connectivity index (χ1) is 9.02. The second-order valence-corrected chi connectivity index (χ2v) is 5.83. The molecule has 0 bridgehead atoms. The van der Waals surface area contributed by atoms with Crippen molar-refractivity contribution in [2.24, 2.45) is 0 Å².